The predicted molar refractivity (Wildman–Crippen MR) is 81.8 cm³/mol. The van der Waals surface area contributed by atoms with Crippen molar-refractivity contribution >= 4 is 23.7 Å². The molecule has 1 aromatic carbocycles. The smallest absolute Gasteiger partial charge is 0.420 e. The molecule has 0 spiro atoms. The Bertz CT molecular complexity index is 580. The molecule has 0 saturated heterocycles. The van der Waals surface area contributed by atoms with E-state index >= 15 is 0 Å². The summed E-state index contributed by atoms with van der Waals surface area (Å²) in [4.78, 5) is 5.70. The maximum atomic E-state index is 12.3. The minimum absolute atomic E-state index is 0.123. The normalized spacial score (nSPS) is 14.2. The summed E-state index contributed by atoms with van der Waals surface area (Å²) in [5, 5.41) is 0. The average Bonchev–Trinajstić information content (AvgIpc) is 2.30. The van der Waals surface area contributed by atoms with Crippen LogP contribution in [-0.2, 0) is 14.5 Å². The third-order valence-electron chi connectivity index (χ3n) is 2.41. The molecule has 0 aromatic heterocycles. The van der Waals surface area contributed by atoms with E-state index in [4.69, 9.17) is 14.6 Å². The Morgan fingerprint density at radius 1 is 1.45 bits per heavy atom. The Labute approximate surface area is 126 Å². The largest absolute Gasteiger partial charge is 0.470 e. The molecule has 6 nitrogen and oxygen atoms in total. The van der Waals surface area contributed by atoms with E-state index in [9.17, 15) is 4.57 Å². The molecular formula is C12H17BrN3O3P. The van der Waals surface area contributed by atoms with E-state index in [1.807, 2.05) is 26.8 Å². The minimum atomic E-state index is -3.86. The lowest BCUT2D eigenvalue weighted by Gasteiger charge is -2.24. The van der Waals surface area contributed by atoms with Crippen LogP contribution in [0, 0.1) is 0 Å². The maximum absolute atomic E-state index is 12.3. The Kier molecular flexibility index (Phi) is 5.66. The molecule has 0 saturated carbocycles. The van der Waals surface area contributed by atoms with Gasteiger partial charge >= 0.3 is 7.75 Å². The van der Waals surface area contributed by atoms with Crippen molar-refractivity contribution in [3.63, 3.8) is 0 Å². The number of hydrogen-bond donors (Lipinski definition) is 0. The van der Waals surface area contributed by atoms with Crippen molar-refractivity contribution in [2.45, 2.75) is 33.1 Å². The fraction of sp³-hybridized carbons (Fsp3) is 0.500. The first-order chi connectivity index (χ1) is 9.22. The molecule has 0 bridgehead atoms. The highest BCUT2D eigenvalue weighted by molar-refractivity contribution is 9.10. The van der Waals surface area contributed by atoms with Gasteiger partial charge < -0.3 is 4.52 Å². The first kappa shape index (κ1) is 17.1. The first-order valence-electron chi connectivity index (χ1n) is 6.02. The van der Waals surface area contributed by atoms with Gasteiger partial charge in [-0.1, -0.05) is 36.7 Å². The Balaban J connectivity index is 3.27. The third kappa shape index (κ3) is 4.53. The third-order valence-corrected chi connectivity index (χ3v) is 4.21. The van der Waals surface area contributed by atoms with Gasteiger partial charge in [0, 0.05) is 19.8 Å². The van der Waals surface area contributed by atoms with Gasteiger partial charge in [0.1, 0.15) is 5.75 Å². The summed E-state index contributed by atoms with van der Waals surface area (Å²) in [7, 11) is -3.86. The second kappa shape index (κ2) is 6.64. The maximum Gasteiger partial charge on any atom is 0.470 e. The molecule has 0 aliphatic rings. The zero-order chi connectivity index (χ0) is 15.4. The van der Waals surface area contributed by atoms with Crippen LogP contribution in [0.4, 0.5) is 0 Å². The topological polar surface area (TPSA) is 84.3 Å². The lowest BCUT2D eigenvalue weighted by atomic mass is 9.86. The molecule has 1 aromatic rings. The molecule has 0 N–H and O–H groups in total. The van der Waals surface area contributed by atoms with Crippen LogP contribution in [0.15, 0.2) is 27.6 Å². The summed E-state index contributed by atoms with van der Waals surface area (Å²) < 4.78 is 23.5. The summed E-state index contributed by atoms with van der Waals surface area (Å²) in [6.45, 7) is 7.77. The van der Waals surface area contributed by atoms with Gasteiger partial charge in [-0.25, -0.2) is 4.57 Å². The molecule has 8 heteroatoms. The molecule has 0 amide bonds. The highest BCUT2D eigenvalue weighted by Gasteiger charge is 2.28. The van der Waals surface area contributed by atoms with Gasteiger partial charge in [0.2, 0.25) is 0 Å². The summed E-state index contributed by atoms with van der Waals surface area (Å²) in [5.74, 6) is 0.380. The van der Waals surface area contributed by atoms with Crippen molar-refractivity contribution in [2.24, 2.45) is 4.88 Å². The van der Waals surface area contributed by atoms with Gasteiger partial charge in [0.15, 0.2) is 0 Å². The first-order valence-corrected chi connectivity index (χ1v) is 8.31. The van der Waals surface area contributed by atoms with Crippen molar-refractivity contribution in [2.75, 3.05) is 6.61 Å². The molecule has 0 fully saturated rings. The number of nitrogens with zero attached hydrogens (tertiary/aromatic N) is 3. The van der Waals surface area contributed by atoms with E-state index in [2.05, 4.69) is 25.7 Å². The monoisotopic (exact) mass is 361 g/mol. The molecule has 0 aliphatic carbocycles. The van der Waals surface area contributed by atoms with Crippen molar-refractivity contribution in [1.29, 1.82) is 0 Å². The minimum Gasteiger partial charge on any atom is -0.420 e. The highest BCUT2D eigenvalue weighted by Crippen LogP contribution is 2.51. The molecule has 0 aliphatic heterocycles. The van der Waals surface area contributed by atoms with E-state index in [0.717, 1.165) is 10.0 Å². The standard InChI is InChI=1S/C12H17BrN3O3P/c1-5-18-20(17,16-15-14)19-11-7-6-9(13)8-10(11)12(2,3)4/h6-8H,5H2,1-4H3. The average molecular weight is 362 g/mol. The van der Waals surface area contributed by atoms with Gasteiger partial charge in [-0.2, -0.15) is 0 Å². The molecule has 110 valence electrons. The van der Waals surface area contributed by atoms with Crippen molar-refractivity contribution < 1.29 is 13.6 Å². The van der Waals surface area contributed by atoms with Crippen LogP contribution in [0.25, 0.3) is 10.4 Å². The molecule has 0 heterocycles. The van der Waals surface area contributed by atoms with Gasteiger partial charge in [-0.15, -0.1) is 0 Å². The summed E-state index contributed by atoms with van der Waals surface area (Å²) in [6, 6.07) is 5.31. The number of halogens is 1. The number of azide groups is 1. The molecule has 1 atom stereocenters. The predicted octanol–water partition coefficient (Wildman–Crippen LogP) is 5.58. The quantitative estimate of drug-likeness (QED) is 0.297. The van der Waals surface area contributed by atoms with Crippen LogP contribution in [0.3, 0.4) is 0 Å². The molecule has 20 heavy (non-hydrogen) atoms. The summed E-state index contributed by atoms with van der Waals surface area (Å²) >= 11 is 3.39. The van der Waals surface area contributed by atoms with Crippen molar-refractivity contribution in [3.05, 3.63) is 38.7 Å². The zero-order valence-electron chi connectivity index (χ0n) is 11.8. The Morgan fingerprint density at radius 2 is 2.10 bits per heavy atom. The SMILES string of the molecule is CCOP(=O)(N=[N+]=[N-])Oc1ccc(Br)cc1C(C)(C)C. The highest BCUT2D eigenvalue weighted by atomic mass is 79.9. The zero-order valence-corrected chi connectivity index (χ0v) is 14.3. The van der Waals surface area contributed by atoms with Gasteiger partial charge in [-0.3, -0.25) is 4.52 Å². The molecule has 1 rings (SSSR count). The van der Waals surface area contributed by atoms with Gasteiger partial charge in [0.25, 0.3) is 0 Å². The van der Waals surface area contributed by atoms with Crippen LogP contribution in [0.2, 0.25) is 0 Å². The van der Waals surface area contributed by atoms with Crippen LogP contribution in [-0.4, -0.2) is 6.61 Å². The molecular weight excluding hydrogens is 345 g/mol. The number of rotatable bonds is 5. The number of benzene rings is 1. The second-order valence-electron chi connectivity index (χ2n) is 5.05. The molecule has 0 radical (unpaired) electrons. The lowest BCUT2D eigenvalue weighted by molar-refractivity contribution is 0.278. The summed E-state index contributed by atoms with van der Waals surface area (Å²) in [6.07, 6.45) is 0. The fourth-order valence-electron chi connectivity index (χ4n) is 1.57. The van der Waals surface area contributed by atoms with E-state index < -0.39 is 7.75 Å². The number of hydrogen-bond acceptors (Lipinski definition) is 3. The van der Waals surface area contributed by atoms with Crippen molar-refractivity contribution in [1.82, 2.24) is 0 Å². The van der Waals surface area contributed by atoms with Crippen LogP contribution in [0.5, 0.6) is 5.75 Å². The Hall–Kier alpha value is -1.000. The van der Waals surface area contributed by atoms with Crippen LogP contribution in [0.1, 0.15) is 33.3 Å². The van der Waals surface area contributed by atoms with Gasteiger partial charge in [0.05, 0.1) is 6.61 Å². The van der Waals surface area contributed by atoms with Crippen LogP contribution < -0.4 is 4.52 Å². The van der Waals surface area contributed by atoms with E-state index in [-0.39, 0.29) is 12.0 Å². The Morgan fingerprint density at radius 3 is 2.60 bits per heavy atom. The van der Waals surface area contributed by atoms with E-state index in [0.29, 0.717) is 5.75 Å². The van der Waals surface area contributed by atoms with E-state index in [1.165, 1.54) is 0 Å². The van der Waals surface area contributed by atoms with Crippen LogP contribution >= 0.6 is 23.7 Å². The molecule has 1 unspecified atom stereocenters. The van der Waals surface area contributed by atoms with E-state index in [1.54, 1.807) is 19.1 Å². The van der Waals surface area contributed by atoms with Crippen molar-refractivity contribution in [3.8, 4) is 5.75 Å². The summed E-state index contributed by atoms with van der Waals surface area (Å²) in [5.41, 5.74) is 9.10. The second-order valence-corrected chi connectivity index (χ2v) is 7.52. The lowest BCUT2D eigenvalue weighted by Crippen LogP contribution is -2.13. The van der Waals surface area contributed by atoms with Gasteiger partial charge in [-0.05, 0) is 36.1 Å². The fourth-order valence-corrected chi connectivity index (χ4v) is 2.91.